The van der Waals surface area contributed by atoms with Crippen molar-refractivity contribution >= 4 is 29.9 Å². The lowest BCUT2D eigenvalue weighted by Crippen LogP contribution is -2.37. The van der Waals surface area contributed by atoms with Crippen molar-refractivity contribution < 1.29 is 9.47 Å². The van der Waals surface area contributed by atoms with Crippen molar-refractivity contribution in [3.05, 3.63) is 29.3 Å². The number of aliphatic imine (C=N–C) groups is 1. The van der Waals surface area contributed by atoms with Crippen LogP contribution in [0.1, 0.15) is 44.7 Å². The minimum Gasteiger partial charge on any atom is -0.491 e. The van der Waals surface area contributed by atoms with E-state index in [1.807, 2.05) is 6.92 Å². The third kappa shape index (κ3) is 12.3. The molecule has 0 amide bonds. The van der Waals surface area contributed by atoms with Gasteiger partial charge in [0.15, 0.2) is 5.96 Å². The number of guanidine groups is 1. The average molecular weight is 521 g/mol. The number of nitrogens with zero attached hydrogens (tertiary/aromatic N) is 2. The first-order chi connectivity index (χ1) is 13.6. The maximum absolute atomic E-state index is 5.91. The minimum atomic E-state index is 0. The topological polar surface area (TPSA) is 58.1 Å². The highest BCUT2D eigenvalue weighted by molar-refractivity contribution is 14.0. The Bertz CT molecular complexity index is 566. The predicted octanol–water partition coefficient (Wildman–Crippen LogP) is 3.82. The largest absolute Gasteiger partial charge is 0.491 e. The van der Waals surface area contributed by atoms with Crippen LogP contribution in [-0.2, 0) is 11.3 Å². The quantitative estimate of drug-likeness (QED) is 0.169. The van der Waals surface area contributed by atoms with E-state index in [1.54, 1.807) is 7.05 Å². The molecule has 0 fully saturated rings. The number of rotatable bonds is 14. The Labute approximate surface area is 194 Å². The number of aryl methyl sites for hydroxylation is 1. The number of benzene rings is 1. The van der Waals surface area contributed by atoms with Gasteiger partial charge in [-0.3, -0.25) is 4.99 Å². The molecule has 0 saturated heterocycles. The summed E-state index contributed by atoms with van der Waals surface area (Å²) in [5.74, 6) is 1.73. The molecule has 0 saturated carbocycles. The van der Waals surface area contributed by atoms with Gasteiger partial charge in [0.2, 0.25) is 0 Å². The molecule has 0 aliphatic rings. The van der Waals surface area contributed by atoms with Crippen molar-refractivity contribution in [2.75, 3.05) is 53.0 Å². The van der Waals surface area contributed by atoms with Gasteiger partial charge in [-0.25, -0.2) is 0 Å². The summed E-state index contributed by atoms with van der Waals surface area (Å²) in [6.45, 7) is 15.4. The third-order valence-corrected chi connectivity index (χ3v) is 4.67. The zero-order chi connectivity index (χ0) is 20.6. The molecule has 29 heavy (non-hydrogen) atoms. The maximum Gasteiger partial charge on any atom is 0.191 e. The van der Waals surface area contributed by atoms with E-state index < -0.39 is 0 Å². The van der Waals surface area contributed by atoms with E-state index in [0.29, 0.717) is 26.4 Å². The van der Waals surface area contributed by atoms with Crippen LogP contribution in [0.3, 0.4) is 0 Å². The van der Waals surface area contributed by atoms with Gasteiger partial charge in [0.05, 0.1) is 6.61 Å². The van der Waals surface area contributed by atoms with Crippen LogP contribution >= 0.6 is 24.0 Å². The molecule has 0 atom stereocenters. The van der Waals surface area contributed by atoms with Crippen LogP contribution in [0.2, 0.25) is 0 Å². The zero-order valence-corrected chi connectivity index (χ0v) is 21.3. The Morgan fingerprint density at radius 3 is 2.48 bits per heavy atom. The first kappa shape index (κ1) is 27.9. The fourth-order valence-corrected chi connectivity index (χ4v) is 2.90. The highest BCUT2D eigenvalue weighted by atomic mass is 127. The highest BCUT2D eigenvalue weighted by Gasteiger charge is 2.06. The summed E-state index contributed by atoms with van der Waals surface area (Å²) in [5.41, 5.74) is 2.30. The Kier molecular flexibility index (Phi) is 17.1. The third-order valence-electron chi connectivity index (χ3n) is 4.67. The summed E-state index contributed by atoms with van der Waals surface area (Å²) in [5, 5.41) is 6.79. The van der Waals surface area contributed by atoms with Gasteiger partial charge in [0.1, 0.15) is 12.4 Å². The molecule has 0 bridgehead atoms. The van der Waals surface area contributed by atoms with Gasteiger partial charge in [-0.1, -0.05) is 26.0 Å². The summed E-state index contributed by atoms with van der Waals surface area (Å²) in [4.78, 5) is 6.78. The van der Waals surface area contributed by atoms with E-state index in [-0.39, 0.29) is 24.0 Å². The van der Waals surface area contributed by atoms with Crippen LogP contribution < -0.4 is 15.4 Å². The van der Waals surface area contributed by atoms with Crippen LogP contribution in [0.5, 0.6) is 5.75 Å². The van der Waals surface area contributed by atoms with E-state index in [9.17, 15) is 0 Å². The van der Waals surface area contributed by atoms with Crippen molar-refractivity contribution in [1.82, 2.24) is 15.5 Å². The lowest BCUT2D eigenvalue weighted by Gasteiger charge is -2.18. The molecule has 0 aliphatic carbocycles. The standard InChI is InChI=1S/C22H40N4O2.HI/c1-6-26(7-2)14-10-9-13-24-22(23-5)25-18-20-12-11-19(4)17-21(20)28-16-15-27-8-3;/h11-12,17H,6-10,13-16,18H2,1-5H3,(H2,23,24,25);1H. The summed E-state index contributed by atoms with van der Waals surface area (Å²) >= 11 is 0. The fraction of sp³-hybridized carbons (Fsp3) is 0.682. The first-order valence-electron chi connectivity index (χ1n) is 10.6. The van der Waals surface area contributed by atoms with Crippen molar-refractivity contribution in [2.45, 2.75) is 47.1 Å². The first-order valence-corrected chi connectivity index (χ1v) is 10.6. The van der Waals surface area contributed by atoms with E-state index in [0.717, 1.165) is 49.9 Å². The monoisotopic (exact) mass is 520 g/mol. The summed E-state index contributed by atoms with van der Waals surface area (Å²) in [6.07, 6.45) is 2.33. The molecule has 0 unspecified atom stereocenters. The number of hydrogen-bond donors (Lipinski definition) is 2. The van der Waals surface area contributed by atoms with E-state index in [1.165, 1.54) is 12.0 Å². The van der Waals surface area contributed by atoms with Crippen molar-refractivity contribution in [2.24, 2.45) is 4.99 Å². The molecule has 0 aliphatic heterocycles. The van der Waals surface area contributed by atoms with Gasteiger partial charge in [-0.05, 0) is 58.0 Å². The van der Waals surface area contributed by atoms with E-state index in [4.69, 9.17) is 9.47 Å². The molecule has 168 valence electrons. The Morgan fingerprint density at radius 1 is 1.07 bits per heavy atom. The second-order valence-corrected chi connectivity index (χ2v) is 6.74. The minimum absolute atomic E-state index is 0. The second kappa shape index (κ2) is 17.8. The molecule has 1 rings (SSSR count). The zero-order valence-electron chi connectivity index (χ0n) is 18.9. The fourth-order valence-electron chi connectivity index (χ4n) is 2.90. The van der Waals surface area contributed by atoms with Gasteiger partial charge < -0.3 is 25.0 Å². The lowest BCUT2D eigenvalue weighted by molar-refractivity contribution is 0.110. The number of hydrogen-bond acceptors (Lipinski definition) is 4. The maximum atomic E-state index is 5.91. The molecule has 7 heteroatoms. The molecule has 2 N–H and O–H groups in total. The average Bonchev–Trinajstić information content (AvgIpc) is 2.71. The van der Waals surface area contributed by atoms with E-state index >= 15 is 0 Å². The van der Waals surface area contributed by atoms with Gasteiger partial charge >= 0.3 is 0 Å². The van der Waals surface area contributed by atoms with Crippen LogP contribution in [0.4, 0.5) is 0 Å². The molecule has 6 nitrogen and oxygen atoms in total. The van der Waals surface area contributed by atoms with Crippen molar-refractivity contribution in [3.8, 4) is 5.75 Å². The Hall–Kier alpha value is -1.06. The molecular weight excluding hydrogens is 479 g/mol. The second-order valence-electron chi connectivity index (χ2n) is 6.74. The molecular formula is C22H41IN4O2. The number of halogens is 1. The van der Waals surface area contributed by atoms with Crippen molar-refractivity contribution in [1.29, 1.82) is 0 Å². The summed E-state index contributed by atoms with van der Waals surface area (Å²) in [7, 11) is 1.81. The van der Waals surface area contributed by atoms with Gasteiger partial charge in [0, 0.05) is 32.3 Å². The normalized spacial score (nSPS) is 11.3. The number of nitrogens with one attached hydrogen (secondary N) is 2. The molecule has 0 radical (unpaired) electrons. The summed E-state index contributed by atoms with van der Waals surface area (Å²) in [6, 6.07) is 6.29. The molecule has 0 spiro atoms. The number of unbranched alkanes of at least 4 members (excludes halogenated alkanes) is 1. The molecule has 1 aromatic rings. The van der Waals surface area contributed by atoms with Gasteiger partial charge in [0.25, 0.3) is 0 Å². The number of ether oxygens (including phenoxy) is 2. The molecule has 0 aromatic heterocycles. The Balaban J connectivity index is 0.00000784. The smallest absolute Gasteiger partial charge is 0.191 e. The molecule has 0 heterocycles. The summed E-state index contributed by atoms with van der Waals surface area (Å²) < 4.78 is 11.3. The van der Waals surface area contributed by atoms with Crippen LogP contribution in [0.15, 0.2) is 23.2 Å². The van der Waals surface area contributed by atoms with Crippen LogP contribution in [0.25, 0.3) is 0 Å². The Morgan fingerprint density at radius 2 is 1.83 bits per heavy atom. The van der Waals surface area contributed by atoms with E-state index in [2.05, 4.69) is 59.5 Å². The van der Waals surface area contributed by atoms with Gasteiger partial charge in [-0.15, -0.1) is 24.0 Å². The van der Waals surface area contributed by atoms with Gasteiger partial charge in [-0.2, -0.15) is 0 Å². The van der Waals surface area contributed by atoms with Crippen molar-refractivity contribution in [3.63, 3.8) is 0 Å². The van der Waals surface area contributed by atoms with Crippen LogP contribution in [-0.4, -0.2) is 63.9 Å². The predicted molar refractivity (Wildman–Crippen MR) is 134 cm³/mol. The molecule has 1 aromatic carbocycles. The highest BCUT2D eigenvalue weighted by Crippen LogP contribution is 2.20. The SMILES string of the molecule is CCOCCOc1cc(C)ccc1CNC(=NC)NCCCCN(CC)CC.I. The van der Waals surface area contributed by atoms with Crippen LogP contribution in [0, 0.1) is 6.92 Å². The lowest BCUT2D eigenvalue weighted by atomic mass is 10.1.